The number of hydrogen-bond donors (Lipinski definition) is 12. The van der Waals surface area contributed by atoms with Crippen LogP contribution in [0.15, 0.2) is 0 Å². The Labute approximate surface area is 459 Å². The molecule has 22 saturated heterocycles. The van der Waals surface area contributed by atoms with E-state index in [2.05, 4.69) is 0 Å². The van der Waals surface area contributed by atoms with Gasteiger partial charge in [0, 0.05) is 26.6 Å². The Morgan fingerprint density at radius 2 is 0.318 bits per heavy atom. The third kappa shape index (κ3) is 11.7. The molecule has 12 N–H and O–H groups in total. The van der Waals surface area contributed by atoms with Crippen molar-refractivity contribution in [2.24, 2.45) is 0 Å². The van der Waals surface area contributed by atoms with Crippen molar-refractivity contribution in [1.29, 1.82) is 0 Å². The Bertz CT molecular complexity index is 1260. The largest absolute Gasteiger partial charge is 0.387 e. The van der Waals surface area contributed by atoms with E-state index in [0.29, 0.717) is 0 Å². The molecule has 0 saturated carbocycles. The third-order valence-corrected chi connectivity index (χ3v) is 17.7. The predicted octanol–water partition coefficient (Wildman–Crippen LogP) is -4.40. The first kappa shape index (κ1) is 57.1. The molecule has 30 atom stereocenters. The van der Waals surface area contributed by atoms with Crippen molar-refractivity contribution >= 4 is 136 Å². The highest BCUT2D eigenvalue weighted by molar-refractivity contribution is 14.1. The van der Waals surface area contributed by atoms with E-state index in [1.54, 1.807) is 0 Å². The van der Waals surface area contributed by atoms with Gasteiger partial charge in [-0.3, -0.25) is 0 Å². The molecule has 66 heavy (non-hydrogen) atoms. The van der Waals surface area contributed by atoms with Crippen molar-refractivity contribution in [2.75, 3.05) is 26.6 Å². The predicted molar refractivity (Wildman–Crippen MR) is 267 cm³/mol. The summed E-state index contributed by atoms with van der Waals surface area (Å²) in [6.07, 6.45) is -46.3. The normalized spacial score (nSPS) is 55.4. The molecule has 0 spiro atoms. The van der Waals surface area contributed by atoms with E-state index in [0.717, 1.165) is 0 Å². The van der Waals surface area contributed by atoms with Gasteiger partial charge in [0.15, 0.2) is 37.7 Å². The van der Waals surface area contributed by atoms with E-state index in [9.17, 15) is 61.3 Å². The van der Waals surface area contributed by atoms with Crippen LogP contribution in [-0.2, 0) is 56.8 Å². The molecule has 384 valence electrons. The van der Waals surface area contributed by atoms with E-state index in [1.807, 2.05) is 136 Å². The standard InChI is InChI=1S/C36H54I6O24/c37-1-7-25-13(43)19(49)31(55-7)62-26-8(2-38)57-33(21(51)15(26)45)64-28-10(4-40)59-35(23(53)17(28)47)66-30-12(6-42)60-36(24(54)18(30)48)65-29-11(5-41)58-34(22(52)16(29)46)63-27-9(3-39)56-32(61-25)20(50)14(27)44/h7-36,43-54H,1-6H2/t7?,8?,9?,10?,11?,12?,13?,14?,15?,16?,17?,18?,19-,20-,21-,22-,23-,24-,25+,26+,27+,28+,29+,30+,31+,32+,33+,34+,35+,36+/m0/s1. The maximum atomic E-state index is 11.5. The van der Waals surface area contributed by atoms with Gasteiger partial charge in [-0.25, -0.2) is 0 Å². The van der Waals surface area contributed by atoms with Gasteiger partial charge in [-0.2, -0.15) is 0 Å². The number of hydrogen-bond acceptors (Lipinski definition) is 24. The Balaban J connectivity index is 1.19. The van der Waals surface area contributed by atoms with Crippen molar-refractivity contribution in [3.63, 3.8) is 0 Å². The quantitative estimate of drug-likeness (QED) is 0.0883. The van der Waals surface area contributed by atoms with Gasteiger partial charge in [-0.05, 0) is 0 Å². The fraction of sp³-hybridized carbons (Fsp3) is 1.00. The van der Waals surface area contributed by atoms with E-state index >= 15 is 0 Å². The van der Waals surface area contributed by atoms with E-state index < -0.39 is 184 Å². The van der Waals surface area contributed by atoms with Crippen LogP contribution in [-0.4, -0.2) is 272 Å². The minimum Gasteiger partial charge on any atom is -0.387 e. The Morgan fingerprint density at radius 3 is 0.424 bits per heavy atom. The lowest BCUT2D eigenvalue weighted by Crippen LogP contribution is -2.68. The van der Waals surface area contributed by atoms with E-state index in [1.165, 1.54) is 0 Å². The Morgan fingerprint density at radius 1 is 0.197 bits per heavy atom. The summed E-state index contributed by atoms with van der Waals surface area (Å²) >= 11 is 11.7. The average molecular weight is 1630 g/mol. The summed E-state index contributed by atoms with van der Waals surface area (Å²) in [4.78, 5) is 0. The molecule has 0 aliphatic carbocycles. The van der Waals surface area contributed by atoms with Crippen molar-refractivity contribution in [2.45, 2.75) is 184 Å². The molecule has 0 radical (unpaired) electrons. The van der Waals surface area contributed by atoms with Gasteiger partial charge < -0.3 is 118 Å². The summed E-state index contributed by atoms with van der Waals surface area (Å²) in [5.74, 6) is 0. The molecule has 24 nitrogen and oxygen atoms in total. The Hall–Kier alpha value is 3.42. The zero-order chi connectivity index (χ0) is 48.0. The molecule has 22 heterocycles. The summed E-state index contributed by atoms with van der Waals surface area (Å²) in [6.45, 7) is 0. The molecule has 22 aliphatic rings. The van der Waals surface area contributed by atoms with Crippen LogP contribution in [0, 0.1) is 0 Å². The van der Waals surface area contributed by atoms with Crippen LogP contribution < -0.4 is 0 Å². The van der Waals surface area contributed by atoms with Gasteiger partial charge in [-0.1, -0.05) is 136 Å². The molecule has 0 aromatic rings. The fourth-order valence-electron chi connectivity index (χ4n) is 8.79. The highest BCUT2D eigenvalue weighted by Crippen LogP contribution is 2.39. The second-order valence-corrected chi connectivity index (χ2v) is 22.0. The van der Waals surface area contributed by atoms with Crippen LogP contribution in [0.2, 0.25) is 0 Å². The molecule has 22 rings (SSSR count). The first-order valence-electron chi connectivity index (χ1n) is 20.8. The SMILES string of the molecule is OC1[C@@H]2O[C@H]3OC(CI)[C@@H](O[C@H]4OC(CI)[C@@H](O[C@H]5OC(CI)[C@@H](O[C@H]6OC(CI)[C@@H](O[C@H]7OC(CI)[C@@H](O[C@@H](OC2CI)[C@H]1O)C(O)[C@@H]7O)C(O)[C@@H]6O)C(O)[C@@H]5O)C(O)[C@@H]4O)C(O)[C@@H]3O. The number of aliphatic hydroxyl groups is 12. The van der Waals surface area contributed by atoms with Gasteiger partial charge in [0.05, 0.1) is 36.6 Å². The topological polar surface area (TPSA) is 354 Å². The van der Waals surface area contributed by atoms with Crippen molar-refractivity contribution in [3.05, 3.63) is 0 Å². The van der Waals surface area contributed by atoms with E-state index in [4.69, 9.17) is 56.8 Å². The summed E-state index contributed by atoms with van der Waals surface area (Å²) in [6, 6.07) is 0. The fourth-order valence-corrected chi connectivity index (χ4v) is 13.0. The molecule has 0 aromatic carbocycles. The second-order valence-electron chi connectivity index (χ2n) is 16.7. The van der Waals surface area contributed by atoms with Gasteiger partial charge in [0.1, 0.15) is 110 Å². The molecule has 22 fully saturated rings. The van der Waals surface area contributed by atoms with Gasteiger partial charge in [0.2, 0.25) is 0 Å². The monoisotopic (exact) mass is 1630 g/mol. The number of aliphatic hydroxyl groups excluding tert-OH is 12. The lowest BCUT2D eigenvalue weighted by molar-refractivity contribution is -0.396. The van der Waals surface area contributed by atoms with Gasteiger partial charge in [-0.15, -0.1) is 0 Å². The average Bonchev–Trinajstić information content (AvgIpc) is 3.31. The van der Waals surface area contributed by atoms with Crippen LogP contribution in [0.1, 0.15) is 0 Å². The molecule has 12 bridgehead atoms. The molecular weight excluding hydrogens is 1580 g/mol. The van der Waals surface area contributed by atoms with Gasteiger partial charge >= 0.3 is 0 Å². The Kier molecular flexibility index (Phi) is 21.7. The summed E-state index contributed by atoms with van der Waals surface area (Å²) in [7, 11) is 0. The second kappa shape index (κ2) is 25.1. The number of halogens is 6. The molecule has 12 unspecified atom stereocenters. The summed E-state index contributed by atoms with van der Waals surface area (Å²) in [5, 5.41) is 137. The number of ether oxygens (including phenoxy) is 12. The maximum Gasteiger partial charge on any atom is 0.187 e. The first-order chi connectivity index (χ1) is 31.4. The van der Waals surface area contributed by atoms with Crippen molar-refractivity contribution in [3.8, 4) is 0 Å². The van der Waals surface area contributed by atoms with Crippen LogP contribution in [0.4, 0.5) is 0 Å². The summed E-state index contributed by atoms with van der Waals surface area (Å²) < 4.78 is 73.3. The molecule has 0 amide bonds. The van der Waals surface area contributed by atoms with E-state index in [-0.39, 0.29) is 26.6 Å². The lowest BCUT2D eigenvalue weighted by atomic mass is 9.95. The molecule has 30 heteroatoms. The smallest absolute Gasteiger partial charge is 0.187 e. The van der Waals surface area contributed by atoms with Crippen molar-refractivity contribution in [1.82, 2.24) is 0 Å². The van der Waals surface area contributed by atoms with Crippen LogP contribution in [0.3, 0.4) is 0 Å². The molecule has 0 aromatic heterocycles. The van der Waals surface area contributed by atoms with Gasteiger partial charge in [0.25, 0.3) is 0 Å². The minimum absolute atomic E-state index is 0.117. The number of rotatable bonds is 6. The summed E-state index contributed by atoms with van der Waals surface area (Å²) in [5.41, 5.74) is 0. The lowest BCUT2D eigenvalue weighted by Gasteiger charge is -2.51. The third-order valence-electron chi connectivity index (χ3n) is 12.5. The maximum absolute atomic E-state index is 11.5. The highest BCUT2D eigenvalue weighted by Gasteiger charge is 2.58. The minimum atomic E-state index is -1.85. The zero-order valence-corrected chi connectivity index (χ0v) is 47.0. The van der Waals surface area contributed by atoms with Crippen molar-refractivity contribution < 1.29 is 118 Å². The van der Waals surface area contributed by atoms with Crippen LogP contribution in [0.5, 0.6) is 0 Å². The first-order valence-corrected chi connectivity index (χ1v) is 30.0. The number of alkyl halides is 6. The zero-order valence-electron chi connectivity index (χ0n) is 34.1. The highest BCUT2D eigenvalue weighted by atomic mass is 127. The van der Waals surface area contributed by atoms with Crippen LogP contribution in [0.25, 0.3) is 0 Å². The molecular formula is C36H54I6O24. The molecule has 22 aliphatic heterocycles. The van der Waals surface area contributed by atoms with Crippen LogP contribution >= 0.6 is 136 Å².